The maximum Gasteiger partial charge on any atom is 0.335 e. The quantitative estimate of drug-likeness (QED) is 0.276. The number of hydrogen-bond acceptors (Lipinski definition) is 7. The van der Waals surface area contributed by atoms with E-state index in [1.54, 1.807) is 4.90 Å². The molecule has 1 aromatic heterocycles. The van der Waals surface area contributed by atoms with Crippen LogP contribution in [0.4, 0.5) is 22.7 Å². The van der Waals surface area contributed by atoms with Gasteiger partial charge in [0.1, 0.15) is 22.8 Å². The highest BCUT2D eigenvalue weighted by molar-refractivity contribution is 7.22. The van der Waals surface area contributed by atoms with Crippen molar-refractivity contribution in [2.45, 2.75) is 31.4 Å². The second-order valence-corrected chi connectivity index (χ2v) is 10.9. The number of aromatic carboxylic acids is 1. The number of Topliss-reactive ketones (excluding diaryl/α,β-unsaturated/α-hetero) is 1. The second-order valence-electron chi connectivity index (χ2n) is 9.86. The van der Waals surface area contributed by atoms with Crippen LogP contribution in [-0.2, 0) is 9.53 Å². The van der Waals surface area contributed by atoms with Gasteiger partial charge in [-0.15, -0.1) is 0 Å². The average Bonchev–Trinajstić information content (AvgIpc) is 3.65. The number of nitrogens with zero attached hydrogens (tertiary/aromatic N) is 2. The van der Waals surface area contributed by atoms with Crippen molar-refractivity contribution in [2.75, 3.05) is 31.2 Å². The van der Waals surface area contributed by atoms with Crippen molar-refractivity contribution in [3.8, 4) is 0 Å². The molecule has 0 amide bonds. The molecule has 0 spiro atoms. The average molecular weight is 564 g/mol. The molecule has 5 rings (SSSR count). The fourth-order valence-corrected chi connectivity index (χ4v) is 5.67. The molecule has 3 N–H and O–H groups in total. The summed E-state index contributed by atoms with van der Waals surface area (Å²) in [7, 11) is 0. The first kappa shape index (κ1) is 27.1. The van der Waals surface area contributed by atoms with E-state index >= 15 is 4.39 Å². The number of thiazole rings is 1. The number of piperidine rings is 1. The van der Waals surface area contributed by atoms with Gasteiger partial charge >= 0.3 is 5.97 Å². The Bertz CT molecular complexity index is 1460. The number of hydrogen-bond donors (Lipinski definition) is 2. The molecule has 2 heterocycles. The number of carbonyl (C=O) groups excluding carboxylic acids is 1. The molecule has 3 aromatic rings. The van der Waals surface area contributed by atoms with Gasteiger partial charge in [0.2, 0.25) is 0 Å². The van der Waals surface area contributed by atoms with E-state index in [4.69, 9.17) is 15.6 Å². The molecule has 39 heavy (non-hydrogen) atoms. The topological polar surface area (TPSA) is 106 Å². The van der Waals surface area contributed by atoms with Gasteiger partial charge in [0.05, 0.1) is 34.7 Å². The first-order valence-corrected chi connectivity index (χ1v) is 13.2. The molecular weight excluding hydrogens is 538 g/mol. The number of aromatic nitrogens is 1. The lowest BCUT2D eigenvalue weighted by atomic mass is 9.94. The lowest BCUT2D eigenvalue weighted by Crippen LogP contribution is -2.44. The number of benzene rings is 2. The van der Waals surface area contributed by atoms with Crippen molar-refractivity contribution >= 4 is 44.1 Å². The molecule has 1 aliphatic carbocycles. The van der Waals surface area contributed by atoms with Gasteiger partial charge in [-0.1, -0.05) is 17.4 Å². The Labute approximate surface area is 224 Å². The van der Waals surface area contributed by atoms with E-state index in [0.717, 1.165) is 29.5 Å². The molecule has 2 fully saturated rings. The Morgan fingerprint density at radius 3 is 2.41 bits per heavy atom. The second kappa shape index (κ2) is 10.6. The monoisotopic (exact) mass is 563 g/mol. The largest absolute Gasteiger partial charge is 0.478 e. The summed E-state index contributed by atoms with van der Waals surface area (Å²) in [5, 5.41) is 9.60. The molecule has 0 unspecified atom stereocenters. The number of anilines is 1. The Morgan fingerprint density at radius 2 is 1.79 bits per heavy atom. The zero-order valence-electron chi connectivity index (χ0n) is 20.7. The highest BCUT2D eigenvalue weighted by atomic mass is 32.1. The summed E-state index contributed by atoms with van der Waals surface area (Å²) in [5.74, 6) is -4.44. The van der Waals surface area contributed by atoms with Crippen molar-refractivity contribution in [1.82, 2.24) is 4.98 Å². The Hall–Kier alpha value is -3.51. The number of alkyl halides is 1. The standard InChI is InChI=1S/C27H25F4N3O4S/c28-17-2-1-3-18(29)21(17)22(32)16(24(35)14-4-5-14)12-38-13-27(31)6-8-34(9-7-27)26-33-23-19(30)10-15(25(36)37)11-20(23)39-26/h1-3,10-11,14H,4-9,12-13,32H2,(H,36,37). The maximum absolute atomic E-state index is 15.6. The van der Waals surface area contributed by atoms with E-state index in [2.05, 4.69) is 4.98 Å². The number of carboxylic acid groups (broad SMARTS) is 1. The van der Waals surface area contributed by atoms with Crippen LogP contribution in [0.1, 0.15) is 41.6 Å². The number of carbonyl (C=O) groups is 2. The summed E-state index contributed by atoms with van der Waals surface area (Å²) in [6.45, 7) is -0.238. The minimum absolute atomic E-state index is 0.0544. The molecule has 0 bridgehead atoms. The van der Waals surface area contributed by atoms with Crippen LogP contribution in [0.3, 0.4) is 0 Å². The highest BCUT2D eigenvalue weighted by Gasteiger charge is 2.37. The van der Waals surface area contributed by atoms with Gasteiger partial charge in [-0.3, -0.25) is 4.79 Å². The molecule has 2 aromatic carbocycles. The van der Waals surface area contributed by atoms with Crippen molar-refractivity contribution in [2.24, 2.45) is 11.7 Å². The van der Waals surface area contributed by atoms with Crippen LogP contribution < -0.4 is 10.6 Å². The molecule has 7 nitrogen and oxygen atoms in total. The van der Waals surface area contributed by atoms with Gasteiger partial charge in [-0.25, -0.2) is 27.3 Å². The van der Waals surface area contributed by atoms with Gasteiger partial charge in [0, 0.05) is 37.4 Å². The lowest BCUT2D eigenvalue weighted by molar-refractivity contribution is -0.117. The lowest BCUT2D eigenvalue weighted by Gasteiger charge is -2.36. The van der Waals surface area contributed by atoms with Crippen LogP contribution in [0.15, 0.2) is 35.9 Å². The summed E-state index contributed by atoms with van der Waals surface area (Å²) in [5.41, 5.74) is 3.27. The summed E-state index contributed by atoms with van der Waals surface area (Å²) < 4.78 is 64.5. The fourth-order valence-electron chi connectivity index (χ4n) is 4.59. The summed E-state index contributed by atoms with van der Waals surface area (Å²) in [4.78, 5) is 30.1. The first-order valence-electron chi connectivity index (χ1n) is 12.4. The van der Waals surface area contributed by atoms with Crippen LogP contribution in [0.5, 0.6) is 0 Å². The molecule has 0 atom stereocenters. The van der Waals surface area contributed by atoms with Crippen molar-refractivity contribution < 1.29 is 37.0 Å². The Kier molecular flexibility index (Phi) is 7.34. The Balaban J connectivity index is 1.25. The van der Waals surface area contributed by atoms with Crippen LogP contribution in [0, 0.1) is 23.4 Å². The van der Waals surface area contributed by atoms with Crippen LogP contribution in [0.25, 0.3) is 15.9 Å². The highest BCUT2D eigenvalue weighted by Crippen LogP contribution is 2.37. The molecule has 0 radical (unpaired) electrons. The molecule has 12 heteroatoms. The number of carboxylic acids is 1. The van der Waals surface area contributed by atoms with Gasteiger partial charge in [0.25, 0.3) is 0 Å². The fraction of sp³-hybridized carbons (Fsp3) is 0.370. The summed E-state index contributed by atoms with van der Waals surface area (Å²) in [6, 6.07) is 5.54. The third kappa shape index (κ3) is 5.62. The predicted molar refractivity (Wildman–Crippen MR) is 138 cm³/mol. The van der Waals surface area contributed by atoms with Gasteiger partial charge < -0.3 is 20.5 Å². The normalized spacial score (nSPS) is 17.8. The Morgan fingerprint density at radius 1 is 1.13 bits per heavy atom. The third-order valence-electron chi connectivity index (χ3n) is 7.02. The molecule has 2 aliphatic rings. The van der Waals surface area contributed by atoms with E-state index < -0.39 is 34.7 Å². The van der Waals surface area contributed by atoms with Crippen LogP contribution in [-0.4, -0.2) is 53.8 Å². The minimum Gasteiger partial charge on any atom is -0.478 e. The number of ether oxygens (including phenoxy) is 1. The third-order valence-corrected chi connectivity index (χ3v) is 8.09. The van der Waals surface area contributed by atoms with E-state index in [-0.39, 0.29) is 73.2 Å². The van der Waals surface area contributed by atoms with E-state index in [0.29, 0.717) is 22.7 Å². The smallest absolute Gasteiger partial charge is 0.335 e. The zero-order valence-corrected chi connectivity index (χ0v) is 21.5. The maximum atomic E-state index is 15.6. The summed E-state index contributed by atoms with van der Waals surface area (Å²) in [6.07, 6.45) is 1.40. The molecular formula is C27H25F4N3O4S. The minimum atomic E-state index is -1.74. The summed E-state index contributed by atoms with van der Waals surface area (Å²) >= 11 is 1.13. The van der Waals surface area contributed by atoms with Gasteiger partial charge in [-0.2, -0.15) is 0 Å². The molecule has 1 aliphatic heterocycles. The number of nitrogens with two attached hydrogens (primary N) is 1. The van der Waals surface area contributed by atoms with Crippen molar-refractivity contribution in [3.63, 3.8) is 0 Å². The van der Waals surface area contributed by atoms with E-state index in [1.165, 1.54) is 12.1 Å². The van der Waals surface area contributed by atoms with Gasteiger partial charge in [-0.05, 0) is 37.1 Å². The zero-order chi connectivity index (χ0) is 27.9. The number of rotatable bonds is 9. The first-order chi connectivity index (χ1) is 18.6. The van der Waals surface area contributed by atoms with Crippen LogP contribution in [0.2, 0.25) is 0 Å². The van der Waals surface area contributed by atoms with Crippen LogP contribution >= 0.6 is 11.3 Å². The van der Waals surface area contributed by atoms with Gasteiger partial charge in [0.15, 0.2) is 16.7 Å². The van der Waals surface area contributed by atoms with E-state index in [1.807, 2.05) is 0 Å². The SMILES string of the molecule is NC(=C(COCC1(F)CCN(c2nc3c(F)cc(C(=O)O)cc3s2)CC1)C(=O)C1CC1)c1c(F)cccc1F. The van der Waals surface area contributed by atoms with Crippen molar-refractivity contribution in [3.05, 3.63) is 64.5 Å². The number of fused-ring (bicyclic) bond motifs is 1. The van der Waals surface area contributed by atoms with Crippen molar-refractivity contribution in [1.29, 1.82) is 0 Å². The number of ketones is 1. The molecule has 1 saturated heterocycles. The molecule has 1 saturated carbocycles. The number of halogens is 4. The molecule has 206 valence electrons. The van der Waals surface area contributed by atoms with E-state index in [9.17, 15) is 22.8 Å². The predicted octanol–water partition coefficient (Wildman–Crippen LogP) is 5.09.